The van der Waals surface area contributed by atoms with Crippen LogP contribution in [0.25, 0.3) is 0 Å². The molecular formula is C19H24N2O2. The molecular weight excluding hydrogens is 288 g/mol. The van der Waals surface area contributed by atoms with Crippen molar-refractivity contribution in [2.45, 2.75) is 44.4 Å². The fourth-order valence-corrected chi connectivity index (χ4v) is 2.98. The summed E-state index contributed by atoms with van der Waals surface area (Å²) in [5.74, 6) is 0.950. The summed E-state index contributed by atoms with van der Waals surface area (Å²) in [7, 11) is 0. The van der Waals surface area contributed by atoms with Crippen LogP contribution in [0.1, 0.15) is 42.9 Å². The van der Waals surface area contributed by atoms with Gasteiger partial charge < -0.3 is 15.2 Å². The summed E-state index contributed by atoms with van der Waals surface area (Å²) in [6, 6.07) is 11.9. The minimum atomic E-state index is -0.518. The maximum Gasteiger partial charge on any atom is 0.120 e. The average molecular weight is 312 g/mol. The monoisotopic (exact) mass is 312 g/mol. The number of aliphatic hydroxyl groups is 1. The highest BCUT2D eigenvalue weighted by molar-refractivity contribution is 5.28. The second kappa shape index (κ2) is 8.09. The molecule has 1 unspecified atom stereocenters. The second-order valence-corrected chi connectivity index (χ2v) is 6.10. The molecule has 1 aromatic heterocycles. The molecule has 1 fully saturated rings. The number of nitrogens with one attached hydrogen (secondary N) is 1. The predicted octanol–water partition coefficient (Wildman–Crippen LogP) is 3.23. The van der Waals surface area contributed by atoms with E-state index in [1.165, 1.54) is 31.2 Å². The van der Waals surface area contributed by atoms with Gasteiger partial charge in [0.15, 0.2) is 0 Å². The molecule has 2 aromatic rings. The van der Waals surface area contributed by atoms with Crippen LogP contribution < -0.4 is 10.1 Å². The molecule has 122 valence electrons. The zero-order valence-corrected chi connectivity index (χ0v) is 13.3. The van der Waals surface area contributed by atoms with Crippen molar-refractivity contribution in [3.8, 4) is 5.75 Å². The van der Waals surface area contributed by atoms with Crippen LogP contribution in [0.5, 0.6) is 5.75 Å². The number of hydrogen-bond acceptors (Lipinski definition) is 4. The minimum absolute atomic E-state index is 0.381. The van der Waals surface area contributed by atoms with Gasteiger partial charge >= 0.3 is 0 Å². The Labute approximate surface area is 137 Å². The number of ether oxygens (including phenoxy) is 1. The first-order chi connectivity index (χ1) is 11.3. The van der Waals surface area contributed by atoms with Crippen molar-refractivity contribution in [2.24, 2.45) is 0 Å². The van der Waals surface area contributed by atoms with Crippen molar-refractivity contribution in [1.82, 2.24) is 10.3 Å². The van der Waals surface area contributed by atoms with Crippen LogP contribution in [0.3, 0.4) is 0 Å². The van der Waals surface area contributed by atoms with Gasteiger partial charge in [0.2, 0.25) is 0 Å². The zero-order chi connectivity index (χ0) is 15.9. The predicted molar refractivity (Wildman–Crippen MR) is 90.2 cm³/mol. The molecule has 0 saturated heterocycles. The molecule has 3 rings (SSSR count). The Morgan fingerprint density at radius 2 is 1.96 bits per heavy atom. The van der Waals surface area contributed by atoms with Crippen LogP contribution in [-0.2, 0) is 6.54 Å². The Kier molecular flexibility index (Phi) is 5.61. The van der Waals surface area contributed by atoms with Gasteiger partial charge in [0.1, 0.15) is 5.75 Å². The van der Waals surface area contributed by atoms with E-state index in [0.717, 1.165) is 11.3 Å². The Balaban J connectivity index is 1.48. The summed E-state index contributed by atoms with van der Waals surface area (Å²) in [5.41, 5.74) is 2.05. The number of rotatable bonds is 7. The van der Waals surface area contributed by atoms with E-state index in [2.05, 4.69) is 22.4 Å². The highest BCUT2D eigenvalue weighted by atomic mass is 16.5. The number of aliphatic hydroxyl groups excluding tert-OH is 1. The van der Waals surface area contributed by atoms with E-state index in [1.807, 2.05) is 24.3 Å². The molecule has 1 aliphatic carbocycles. The van der Waals surface area contributed by atoms with Gasteiger partial charge in [-0.15, -0.1) is 0 Å². The normalized spacial score (nSPS) is 16.4. The standard InChI is InChI=1S/C19H24N2O2/c22-19(16-8-10-20-11-9-16)14-21-13-15-4-3-7-18(12-15)23-17-5-1-2-6-17/h3-4,7-12,17,19,21-22H,1-2,5-6,13-14H2. The summed E-state index contributed by atoms with van der Waals surface area (Å²) in [4.78, 5) is 3.96. The van der Waals surface area contributed by atoms with Gasteiger partial charge in [-0.2, -0.15) is 0 Å². The second-order valence-electron chi connectivity index (χ2n) is 6.10. The van der Waals surface area contributed by atoms with Crippen molar-refractivity contribution in [1.29, 1.82) is 0 Å². The van der Waals surface area contributed by atoms with E-state index >= 15 is 0 Å². The summed E-state index contributed by atoms with van der Waals surface area (Å²) in [5, 5.41) is 13.4. The lowest BCUT2D eigenvalue weighted by molar-refractivity contribution is 0.174. The average Bonchev–Trinajstić information content (AvgIpc) is 3.09. The molecule has 1 saturated carbocycles. The van der Waals surface area contributed by atoms with E-state index < -0.39 is 6.10 Å². The van der Waals surface area contributed by atoms with E-state index in [4.69, 9.17) is 4.74 Å². The van der Waals surface area contributed by atoms with E-state index in [-0.39, 0.29) is 0 Å². The molecule has 0 radical (unpaired) electrons. The largest absolute Gasteiger partial charge is 0.490 e. The number of hydrogen-bond donors (Lipinski definition) is 2. The third kappa shape index (κ3) is 4.78. The number of aromatic nitrogens is 1. The van der Waals surface area contributed by atoms with Crippen LogP contribution in [0.4, 0.5) is 0 Å². The summed E-state index contributed by atoms with van der Waals surface area (Å²) >= 11 is 0. The Morgan fingerprint density at radius 1 is 1.17 bits per heavy atom. The molecule has 0 amide bonds. The molecule has 4 heteroatoms. The molecule has 23 heavy (non-hydrogen) atoms. The fraction of sp³-hybridized carbons (Fsp3) is 0.421. The number of nitrogens with zero attached hydrogens (tertiary/aromatic N) is 1. The molecule has 1 heterocycles. The molecule has 2 N–H and O–H groups in total. The molecule has 1 aliphatic rings. The molecule has 1 atom stereocenters. The third-order valence-corrected chi connectivity index (χ3v) is 4.26. The SMILES string of the molecule is OC(CNCc1cccc(OC2CCCC2)c1)c1ccncc1. The third-order valence-electron chi connectivity index (χ3n) is 4.26. The van der Waals surface area contributed by atoms with Gasteiger partial charge in [-0.1, -0.05) is 12.1 Å². The van der Waals surface area contributed by atoms with Crippen molar-refractivity contribution < 1.29 is 9.84 Å². The Morgan fingerprint density at radius 3 is 2.74 bits per heavy atom. The molecule has 1 aromatic carbocycles. The Bertz CT molecular complexity index is 597. The summed E-state index contributed by atoms with van der Waals surface area (Å²) in [6.07, 6.45) is 8.14. The summed E-state index contributed by atoms with van der Waals surface area (Å²) < 4.78 is 6.03. The van der Waals surface area contributed by atoms with Crippen molar-refractivity contribution in [3.63, 3.8) is 0 Å². The van der Waals surface area contributed by atoms with Crippen molar-refractivity contribution in [2.75, 3.05) is 6.54 Å². The number of benzene rings is 1. The minimum Gasteiger partial charge on any atom is -0.490 e. The van der Waals surface area contributed by atoms with Crippen molar-refractivity contribution >= 4 is 0 Å². The van der Waals surface area contributed by atoms with Gasteiger partial charge in [-0.3, -0.25) is 4.98 Å². The highest BCUT2D eigenvalue weighted by Gasteiger charge is 2.16. The van der Waals surface area contributed by atoms with Gasteiger partial charge in [0.05, 0.1) is 12.2 Å². The van der Waals surface area contributed by atoms with Crippen LogP contribution in [0.2, 0.25) is 0 Å². The molecule has 0 spiro atoms. The maximum atomic E-state index is 10.1. The quantitative estimate of drug-likeness (QED) is 0.824. The van der Waals surface area contributed by atoms with E-state index in [9.17, 15) is 5.11 Å². The van der Waals surface area contributed by atoms with Crippen molar-refractivity contribution in [3.05, 3.63) is 59.9 Å². The first-order valence-electron chi connectivity index (χ1n) is 8.35. The first-order valence-corrected chi connectivity index (χ1v) is 8.35. The van der Waals surface area contributed by atoms with Crippen LogP contribution in [-0.4, -0.2) is 22.7 Å². The van der Waals surface area contributed by atoms with Gasteiger partial charge in [-0.05, 0) is 61.1 Å². The maximum absolute atomic E-state index is 10.1. The van der Waals surface area contributed by atoms with Gasteiger partial charge in [0.25, 0.3) is 0 Å². The van der Waals surface area contributed by atoms with Gasteiger partial charge in [0, 0.05) is 25.5 Å². The number of pyridine rings is 1. The topological polar surface area (TPSA) is 54.4 Å². The van der Waals surface area contributed by atoms with Crippen LogP contribution >= 0.6 is 0 Å². The molecule has 0 aliphatic heterocycles. The van der Waals surface area contributed by atoms with Crippen LogP contribution in [0.15, 0.2) is 48.8 Å². The van der Waals surface area contributed by atoms with E-state index in [1.54, 1.807) is 12.4 Å². The molecule has 0 bridgehead atoms. The Hall–Kier alpha value is -1.91. The lowest BCUT2D eigenvalue weighted by Gasteiger charge is -2.15. The first kappa shape index (κ1) is 16.0. The van der Waals surface area contributed by atoms with E-state index in [0.29, 0.717) is 19.2 Å². The van der Waals surface area contributed by atoms with Gasteiger partial charge in [-0.25, -0.2) is 0 Å². The zero-order valence-electron chi connectivity index (χ0n) is 13.3. The molecule has 4 nitrogen and oxygen atoms in total. The van der Waals surface area contributed by atoms with Crippen LogP contribution in [0, 0.1) is 0 Å². The highest BCUT2D eigenvalue weighted by Crippen LogP contribution is 2.24. The fourth-order valence-electron chi connectivity index (χ4n) is 2.98. The smallest absolute Gasteiger partial charge is 0.120 e. The lowest BCUT2D eigenvalue weighted by Crippen LogP contribution is -2.21. The lowest BCUT2D eigenvalue weighted by atomic mass is 10.1. The summed E-state index contributed by atoms with van der Waals surface area (Å²) in [6.45, 7) is 1.22.